The van der Waals surface area contributed by atoms with Crippen molar-refractivity contribution in [2.24, 2.45) is 0 Å². The molecular weight excluding hydrogens is 489 g/mol. The van der Waals surface area contributed by atoms with Crippen LogP contribution in [0.25, 0.3) is 16.9 Å². The van der Waals surface area contributed by atoms with Gasteiger partial charge in [-0.05, 0) is 26.0 Å². The van der Waals surface area contributed by atoms with Gasteiger partial charge in [-0.2, -0.15) is 10.4 Å². The van der Waals surface area contributed by atoms with Crippen LogP contribution in [-0.2, 0) is 6.54 Å². The number of carbonyl (C=O) groups is 1. The number of anilines is 2. The second kappa shape index (κ2) is 10.3. The highest BCUT2D eigenvalue weighted by atomic mass is 19.3. The molecule has 0 fully saturated rings. The summed E-state index contributed by atoms with van der Waals surface area (Å²) in [5.41, 5.74) is 0.750. The van der Waals surface area contributed by atoms with Gasteiger partial charge in [0.15, 0.2) is 5.65 Å². The zero-order chi connectivity index (χ0) is 26.7. The zero-order valence-corrected chi connectivity index (χ0v) is 19.9. The van der Waals surface area contributed by atoms with Crippen molar-refractivity contribution in [2.45, 2.75) is 38.6 Å². The molecule has 4 heterocycles. The molecule has 1 atom stereocenters. The summed E-state index contributed by atoms with van der Waals surface area (Å²) >= 11 is 0. The van der Waals surface area contributed by atoms with E-state index in [2.05, 4.69) is 25.7 Å². The highest BCUT2D eigenvalue weighted by Gasteiger charge is 2.27. The van der Waals surface area contributed by atoms with E-state index in [9.17, 15) is 23.1 Å². The van der Waals surface area contributed by atoms with Crippen molar-refractivity contribution in [1.82, 2.24) is 29.5 Å². The van der Waals surface area contributed by atoms with Crippen molar-refractivity contribution in [3.63, 3.8) is 0 Å². The first kappa shape index (κ1) is 25.6. The molecule has 4 aromatic rings. The molecule has 0 saturated heterocycles. The van der Waals surface area contributed by atoms with E-state index in [4.69, 9.17) is 5.26 Å². The van der Waals surface area contributed by atoms with E-state index < -0.39 is 37.2 Å². The van der Waals surface area contributed by atoms with Gasteiger partial charge < -0.3 is 20.3 Å². The number of nitrogens with zero attached hydrogens (tertiary/aromatic N) is 6. The van der Waals surface area contributed by atoms with Gasteiger partial charge in [-0.25, -0.2) is 22.7 Å². The highest BCUT2D eigenvalue weighted by molar-refractivity contribution is 6.00. The van der Waals surface area contributed by atoms with Crippen LogP contribution in [0.3, 0.4) is 0 Å². The lowest BCUT2D eigenvalue weighted by atomic mass is 10.0. The largest absolute Gasteiger partial charge is 0.387 e. The standard InChI is InChI=1S/C24H23F3N8O2/c1-24(2,37)20(25)10-31-23(36)17-8-29-18(16-9-32-35-11-14(6-28)7-30-22(16)35)5-19(17)33-15-3-4-34(12-15)13-21(26)27/h3-5,7-9,11-12,20-21,37H,10,13H2,1-2H3,(H,29,33)(H,31,36)/t20-/m1/s1. The molecule has 3 N–H and O–H groups in total. The molecule has 192 valence electrons. The van der Waals surface area contributed by atoms with Crippen LogP contribution in [0.2, 0.25) is 0 Å². The number of nitriles is 1. The number of alkyl halides is 3. The first-order chi connectivity index (χ1) is 17.5. The molecule has 0 aliphatic heterocycles. The van der Waals surface area contributed by atoms with Gasteiger partial charge in [0.2, 0.25) is 0 Å². The minimum atomic E-state index is -2.54. The van der Waals surface area contributed by atoms with Gasteiger partial charge in [0.25, 0.3) is 12.3 Å². The van der Waals surface area contributed by atoms with E-state index in [-0.39, 0.29) is 11.3 Å². The van der Waals surface area contributed by atoms with Crippen LogP contribution in [0.15, 0.2) is 49.3 Å². The lowest BCUT2D eigenvalue weighted by Crippen LogP contribution is -2.42. The quantitative estimate of drug-likeness (QED) is 0.313. The van der Waals surface area contributed by atoms with Gasteiger partial charge in [0.05, 0.1) is 64.8 Å². The highest BCUT2D eigenvalue weighted by Crippen LogP contribution is 2.28. The minimum Gasteiger partial charge on any atom is -0.387 e. The summed E-state index contributed by atoms with van der Waals surface area (Å²) in [6, 6.07) is 5.10. The van der Waals surface area contributed by atoms with E-state index in [1.54, 1.807) is 12.1 Å². The second-order valence-electron chi connectivity index (χ2n) is 8.84. The Morgan fingerprint density at radius 3 is 2.70 bits per heavy atom. The maximum absolute atomic E-state index is 14.2. The zero-order valence-electron chi connectivity index (χ0n) is 19.9. The van der Waals surface area contributed by atoms with Crippen LogP contribution in [0.1, 0.15) is 29.8 Å². The average molecular weight is 512 g/mol. The SMILES string of the molecule is CC(C)(O)[C@H](F)CNC(=O)c1cnc(-c2cnn3cc(C#N)cnc23)cc1Nc1ccn(CC(F)F)c1. The molecule has 0 bridgehead atoms. The Kier molecular flexibility index (Phi) is 7.12. The predicted molar refractivity (Wildman–Crippen MR) is 128 cm³/mol. The maximum atomic E-state index is 14.2. The van der Waals surface area contributed by atoms with E-state index >= 15 is 0 Å². The number of carbonyl (C=O) groups excluding carboxylic acids is 1. The van der Waals surface area contributed by atoms with Gasteiger partial charge in [0.1, 0.15) is 12.2 Å². The Morgan fingerprint density at radius 2 is 2.00 bits per heavy atom. The molecule has 4 aromatic heterocycles. The van der Waals surface area contributed by atoms with Crippen molar-refractivity contribution in [2.75, 3.05) is 11.9 Å². The fourth-order valence-corrected chi connectivity index (χ4v) is 3.47. The molecule has 0 aliphatic rings. The van der Waals surface area contributed by atoms with Crippen LogP contribution in [0.5, 0.6) is 0 Å². The lowest BCUT2D eigenvalue weighted by Gasteiger charge is -2.22. The number of fused-ring (bicyclic) bond motifs is 1. The first-order valence-electron chi connectivity index (χ1n) is 11.1. The van der Waals surface area contributed by atoms with Gasteiger partial charge in [0, 0.05) is 24.8 Å². The number of hydrogen-bond donors (Lipinski definition) is 3. The number of aromatic nitrogens is 5. The predicted octanol–water partition coefficient (Wildman–Crippen LogP) is 3.31. The van der Waals surface area contributed by atoms with Gasteiger partial charge in [-0.3, -0.25) is 9.78 Å². The number of hydrogen-bond acceptors (Lipinski definition) is 7. The molecule has 0 aliphatic carbocycles. The third-order valence-electron chi connectivity index (χ3n) is 5.50. The molecular formula is C24H23F3N8O2. The lowest BCUT2D eigenvalue weighted by molar-refractivity contribution is -0.00177. The molecule has 10 nitrogen and oxygen atoms in total. The van der Waals surface area contributed by atoms with E-state index in [0.717, 1.165) is 0 Å². The van der Waals surface area contributed by atoms with Gasteiger partial charge in [-0.15, -0.1) is 0 Å². The van der Waals surface area contributed by atoms with Crippen LogP contribution in [-0.4, -0.2) is 59.9 Å². The maximum Gasteiger partial charge on any atom is 0.256 e. The van der Waals surface area contributed by atoms with E-state index in [1.165, 1.54) is 60.1 Å². The van der Waals surface area contributed by atoms with Crippen LogP contribution in [0.4, 0.5) is 24.5 Å². The monoisotopic (exact) mass is 512 g/mol. The molecule has 1 amide bonds. The van der Waals surface area contributed by atoms with Crippen LogP contribution in [0, 0.1) is 11.3 Å². The molecule has 0 saturated carbocycles. The number of rotatable bonds is 9. The van der Waals surface area contributed by atoms with Gasteiger partial charge in [-0.1, -0.05) is 0 Å². The van der Waals surface area contributed by atoms with Crippen LogP contribution < -0.4 is 10.6 Å². The van der Waals surface area contributed by atoms with E-state index in [0.29, 0.717) is 28.2 Å². The molecule has 37 heavy (non-hydrogen) atoms. The molecule has 13 heteroatoms. The smallest absolute Gasteiger partial charge is 0.256 e. The topological polar surface area (TPSA) is 133 Å². The normalized spacial score (nSPS) is 12.5. The summed E-state index contributed by atoms with van der Waals surface area (Å²) in [4.78, 5) is 21.5. The Bertz CT molecular complexity index is 1470. The third-order valence-corrected chi connectivity index (χ3v) is 5.50. The molecule has 0 aromatic carbocycles. The average Bonchev–Trinajstić information content (AvgIpc) is 3.47. The summed E-state index contributed by atoms with van der Waals surface area (Å²) < 4.78 is 42.4. The molecule has 4 rings (SSSR count). The minimum absolute atomic E-state index is 0.0597. The van der Waals surface area contributed by atoms with Crippen LogP contribution >= 0.6 is 0 Å². The summed E-state index contributed by atoms with van der Waals surface area (Å²) in [6.07, 6.45) is 4.36. The fraction of sp³-hybridized carbons (Fsp3) is 0.292. The van der Waals surface area contributed by atoms with Gasteiger partial charge >= 0.3 is 0 Å². The summed E-state index contributed by atoms with van der Waals surface area (Å²) in [5.74, 6) is -0.655. The van der Waals surface area contributed by atoms with E-state index in [1.807, 2.05) is 6.07 Å². The fourth-order valence-electron chi connectivity index (χ4n) is 3.47. The van der Waals surface area contributed by atoms with Crippen molar-refractivity contribution >= 4 is 22.9 Å². The Morgan fingerprint density at radius 1 is 1.22 bits per heavy atom. The number of amides is 1. The number of aliphatic hydroxyl groups is 1. The summed E-state index contributed by atoms with van der Waals surface area (Å²) in [6.45, 7) is 1.65. The Hall–Kier alpha value is -4.44. The summed E-state index contributed by atoms with van der Waals surface area (Å²) in [5, 5.41) is 28.6. The van der Waals surface area contributed by atoms with Crippen molar-refractivity contribution in [1.29, 1.82) is 5.26 Å². The van der Waals surface area contributed by atoms with Crippen molar-refractivity contribution in [3.05, 3.63) is 60.4 Å². The molecule has 0 spiro atoms. The Labute approximate surface area is 209 Å². The van der Waals surface area contributed by atoms with Crippen molar-refractivity contribution in [3.8, 4) is 17.3 Å². The second-order valence-corrected chi connectivity index (χ2v) is 8.84. The molecule has 0 unspecified atom stereocenters. The summed E-state index contributed by atoms with van der Waals surface area (Å²) in [7, 11) is 0. The first-order valence-corrected chi connectivity index (χ1v) is 11.1. The number of pyridine rings is 1. The number of halogens is 3. The molecule has 0 radical (unpaired) electrons. The third kappa shape index (κ3) is 5.87. The Balaban J connectivity index is 1.69. The van der Waals surface area contributed by atoms with Crippen molar-refractivity contribution < 1.29 is 23.1 Å². The number of nitrogens with one attached hydrogen (secondary N) is 2.